The Morgan fingerprint density at radius 3 is 2.72 bits per heavy atom. The highest BCUT2D eigenvalue weighted by atomic mass is 32.1. The van der Waals surface area contributed by atoms with Crippen molar-refractivity contribution in [3.8, 4) is 0 Å². The van der Waals surface area contributed by atoms with Crippen LogP contribution in [0.1, 0.15) is 33.6 Å². The molecule has 0 bridgehead atoms. The van der Waals surface area contributed by atoms with Crippen LogP contribution in [0.15, 0.2) is 29.6 Å². The van der Waals surface area contributed by atoms with Gasteiger partial charge in [-0.2, -0.15) is 0 Å². The Labute approximate surface area is 191 Å². The van der Waals surface area contributed by atoms with E-state index >= 15 is 0 Å². The van der Waals surface area contributed by atoms with Crippen LogP contribution in [-0.2, 0) is 32.0 Å². The third kappa shape index (κ3) is 5.11. The molecule has 1 aromatic carbocycles. The number of benzene rings is 1. The van der Waals surface area contributed by atoms with Gasteiger partial charge >= 0.3 is 5.97 Å². The SMILES string of the molecule is COC(=O)c1cc(N2CCOCC2)ccc1NC(=O)CCC(=O)N1CCc2sccc2C1. The first-order valence-electron chi connectivity index (χ1n) is 10.7. The molecule has 1 fully saturated rings. The second-order valence-corrected chi connectivity index (χ2v) is 8.80. The average molecular weight is 458 g/mol. The molecule has 2 amide bonds. The number of fused-ring (bicyclic) bond motifs is 1. The quantitative estimate of drug-likeness (QED) is 0.671. The Balaban J connectivity index is 1.36. The molecule has 170 valence electrons. The molecule has 0 aliphatic carbocycles. The molecule has 0 spiro atoms. The highest BCUT2D eigenvalue weighted by Gasteiger charge is 2.23. The summed E-state index contributed by atoms with van der Waals surface area (Å²) >= 11 is 1.72. The number of carbonyl (C=O) groups is 3. The molecule has 8 nitrogen and oxygen atoms in total. The molecule has 0 atom stereocenters. The molecule has 0 saturated carbocycles. The first-order chi connectivity index (χ1) is 15.5. The third-order valence-corrected chi connectivity index (χ3v) is 6.81. The Morgan fingerprint density at radius 2 is 1.94 bits per heavy atom. The second kappa shape index (κ2) is 10.1. The number of thiophene rings is 1. The molecule has 0 unspecified atom stereocenters. The first-order valence-corrected chi connectivity index (χ1v) is 11.6. The maximum absolute atomic E-state index is 12.6. The van der Waals surface area contributed by atoms with E-state index in [1.54, 1.807) is 28.4 Å². The minimum atomic E-state index is -0.522. The van der Waals surface area contributed by atoms with Crippen LogP contribution in [0.25, 0.3) is 0 Å². The minimum Gasteiger partial charge on any atom is -0.465 e. The number of carbonyl (C=O) groups excluding carboxylic acids is 3. The largest absolute Gasteiger partial charge is 0.465 e. The lowest BCUT2D eigenvalue weighted by Gasteiger charge is -2.29. The van der Waals surface area contributed by atoms with E-state index in [2.05, 4.69) is 21.7 Å². The maximum atomic E-state index is 12.6. The molecule has 1 aromatic heterocycles. The lowest BCUT2D eigenvalue weighted by molar-refractivity contribution is -0.133. The lowest BCUT2D eigenvalue weighted by atomic mass is 10.1. The van der Waals surface area contributed by atoms with Crippen LogP contribution in [0.4, 0.5) is 11.4 Å². The highest BCUT2D eigenvalue weighted by Crippen LogP contribution is 2.26. The van der Waals surface area contributed by atoms with E-state index in [4.69, 9.17) is 9.47 Å². The first kappa shape index (κ1) is 22.3. The van der Waals surface area contributed by atoms with Gasteiger partial charge in [-0.1, -0.05) is 0 Å². The zero-order chi connectivity index (χ0) is 22.5. The summed E-state index contributed by atoms with van der Waals surface area (Å²) in [6.07, 6.45) is 1.05. The highest BCUT2D eigenvalue weighted by molar-refractivity contribution is 7.10. The number of ether oxygens (including phenoxy) is 2. The number of amides is 2. The minimum absolute atomic E-state index is 0.0344. The summed E-state index contributed by atoms with van der Waals surface area (Å²) in [5, 5.41) is 4.82. The van der Waals surface area contributed by atoms with E-state index in [0.717, 1.165) is 25.2 Å². The molecule has 2 aliphatic heterocycles. The average Bonchev–Trinajstić information content (AvgIpc) is 3.31. The van der Waals surface area contributed by atoms with Crippen LogP contribution in [0.3, 0.4) is 0 Å². The molecular weight excluding hydrogens is 430 g/mol. The summed E-state index contributed by atoms with van der Waals surface area (Å²) in [6, 6.07) is 7.36. The fraction of sp³-hybridized carbons (Fsp3) is 0.435. The topological polar surface area (TPSA) is 88.2 Å². The number of morpholine rings is 1. The number of nitrogens with zero attached hydrogens (tertiary/aromatic N) is 2. The Hall–Kier alpha value is -2.91. The number of hydrogen-bond donors (Lipinski definition) is 1. The van der Waals surface area contributed by atoms with Gasteiger partial charge in [-0.25, -0.2) is 4.79 Å². The third-order valence-electron chi connectivity index (χ3n) is 5.79. The number of esters is 1. The van der Waals surface area contributed by atoms with Gasteiger partial charge in [0.1, 0.15) is 0 Å². The van der Waals surface area contributed by atoms with Crippen molar-refractivity contribution < 1.29 is 23.9 Å². The van der Waals surface area contributed by atoms with Crippen LogP contribution in [0.5, 0.6) is 0 Å². The van der Waals surface area contributed by atoms with Crippen molar-refractivity contribution in [3.63, 3.8) is 0 Å². The van der Waals surface area contributed by atoms with Gasteiger partial charge in [0.25, 0.3) is 0 Å². The normalized spacial score (nSPS) is 15.8. The van der Waals surface area contributed by atoms with Crippen molar-refractivity contribution in [2.75, 3.05) is 50.2 Å². The van der Waals surface area contributed by atoms with Crippen molar-refractivity contribution >= 4 is 40.5 Å². The van der Waals surface area contributed by atoms with E-state index in [1.807, 2.05) is 6.07 Å². The fourth-order valence-electron chi connectivity index (χ4n) is 3.99. The van der Waals surface area contributed by atoms with Gasteiger partial charge in [0.15, 0.2) is 0 Å². The van der Waals surface area contributed by atoms with E-state index in [9.17, 15) is 14.4 Å². The lowest BCUT2D eigenvalue weighted by Crippen LogP contribution is -2.36. The van der Waals surface area contributed by atoms with Gasteiger partial charge < -0.3 is 24.6 Å². The number of nitrogens with one attached hydrogen (secondary N) is 1. The molecular formula is C23H27N3O5S. The van der Waals surface area contributed by atoms with Gasteiger partial charge in [-0.3, -0.25) is 9.59 Å². The summed E-state index contributed by atoms with van der Waals surface area (Å²) in [6.45, 7) is 4.02. The van der Waals surface area contributed by atoms with Crippen LogP contribution < -0.4 is 10.2 Å². The number of methoxy groups -OCH3 is 1. The van der Waals surface area contributed by atoms with E-state index in [1.165, 1.54) is 17.6 Å². The summed E-state index contributed by atoms with van der Waals surface area (Å²) in [5.74, 6) is -0.866. The maximum Gasteiger partial charge on any atom is 0.340 e. The van der Waals surface area contributed by atoms with Crippen LogP contribution in [-0.4, -0.2) is 62.6 Å². The molecule has 2 aromatic rings. The monoisotopic (exact) mass is 457 g/mol. The van der Waals surface area contributed by atoms with Gasteiger partial charge in [0.05, 0.1) is 31.6 Å². The van der Waals surface area contributed by atoms with Crippen molar-refractivity contribution in [1.82, 2.24) is 4.90 Å². The summed E-state index contributed by atoms with van der Waals surface area (Å²) in [4.78, 5) is 42.7. The van der Waals surface area contributed by atoms with Gasteiger partial charge in [0.2, 0.25) is 11.8 Å². The molecule has 2 aliphatic rings. The van der Waals surface area contributed by atoms with Gasteiger partial charge in [0, 0.05) is 49.6 Å². The van der Waals surface area contributed by atoms with Crippen molar-refractivity contribution in [3.05, 3.63) is 45.6 Å². The standard InChI is InChI=1S/C23H27N3O5S/c1-30-23(29)18-14-17(25-9-11-31-12-10-25)2-3-19(18)24-21(27)4-5-22(28)26-8-6-20-16(15-26)7-13-32-20/h2-3,7,13-14H,4-6,8-12,15H2,1H3,(H,24,27). The molecule has 9 heteroatoms. The predicted octanol–water partition coefficient (Wildman–Crippen LogP) is 2.67. The fourth-order valence-corrected chi connectivity index (χ4v) is 4.88. The molecule has 32 heavy (non-hydrogen) atoms. The number of anilines is 2. The summed E-state index contributed by atoms with van der Waals surface area (Å²) in [7, 11) is 1.31. The van der Waals surface area contributed by atoms with Crippen molar-refractivity contribution in [2.24, 2.45) is 0 Å². The summed E-state index contributed by atoms with van der Waals surface area (Å²) < 4.78 is 10.3. The van der Waals surface area contributed by atoms with E-state index < -0.39 is 5.97 Å². The summed E-state index contributed by atoms with van der Waals surface area (Å²) in [5.41, 5.74) is 2.74. The van der Waals surface area contributed by atoms with Crippen LogP contribution in [0, 0.1) is 0 Å². The smallest absolute Gasteiger partial charge is 0.340 e. The Bertz CT molecular complexity index is 999. The predicted molar refractivity (Wildman–Crippen MR) is 122 cm³/mol. The van der Waals surface area contributed by atoms with E-state index in [0.29, 0.717) is 32.0 Å². The number of rotatable bonds is 6. The Morgan fingerprint density at radius 1 is 1.12 bits per heavy atom. The molecule has 1 saturated heterocycles. The molecule has 0 radical (unpaired) electrons. The van der Waals surface area contributed by atoms with Gasteiger partial charge in [-0.05, 0) is 41.6 Å². The van der Waals surface area contributed by atoms with Crippen LogP contribution >= 0.6 is 11.3 Å². The van der Waals surface area contributed by atoms with E-state index in [-0.39, 0.29) is 30.2 Å². The van der Waals surface area contributed by atoms with Crippen molar-refractivity contribution in [1.29, 1.82) is 0 Å². The molecule has 3 heterocycles. The van der Waals surface area contributed by atoms with Gasteiger partial charge in [-0.15, -0.1) is 11.3 Å². The van der Waals surface area contributed by atoms with Crippen molar-refractivity contribution in [2.45, 2.75) is 25.8 Å². The number of hydrogen-bond acceptors (Lipinski definition) is 7. The molecule has 4 rings (SSSR count). The van der Waals surface area contributed by atoms with Crippen LogP contribution in [0.2, 0.25) is 0 Å². The Kier molecular flexibility index (Phi) is 7.06. The zero-order valence-corrected chi connectivity index (χ0v) is 18.9. The second-order valence-electron chi connectivity index (χ2n) is 7.80. The zero-order valence-electron chi connectivity index (χ0n) is 18.1. The molecule has 1 N–H and O–H groups in total.